The molecule has 0 rings (SSSR count). The van der Waals surface area contributed by atoms with E-state index in [1.807, 2.05) is 21.1 Å². The van der Waals surface area contributed by atoms with E-state index in [2.05, 4.69) is 233 Å². The van der Waals surface area contributed by atoms with Gasteiger partial charge >= 0.3 is 11.9 Å². The van der Waals surface area contributed by atoms with Gasteiger partial charge in [-0.2, -0.15) is 0 Å². The highest BCUT2D eigenvalue weighted by atomic mass is 16.7. The molecule has 89 heavy (non-hydrogen) atoms. The minimum Gasteiger partial charge on any atom is -0.545 e. The second kappa shape index (κ2) is 67.5. The van der Waals surface area contributed by atoms with Crippen molar-refractivity contribution in [1.29, 1.82) is 0 Å². The predicted molar refractivity (Wildman–Crippen MR) is 379 cm³/mol. The number of carbonyl (C=O) groups excluding carboxylic acids is 3. The van der Waals surface area contributed by atoms with E-state index in [0.717, 1.165) is 154 Å². The molecule has 0 aromatic rings. The smallest absolute Gasteiger partial charge is 0.306 e. The van der Waals surface area contributed by atoms with E-state index in [4.69, 9.17) is 18.9 Å². The van der Waals surface area contributed by atoms with E-state index in [9.17, 15) is 19.5 Å². The molecule has 9 nitrogen and oxygen atoms in total. The van der Waals surface area contributed by atoms with E-state index >= 15 is 0 Å². The molecule has 0 saturated carbocycles. The maximum atomic E-state index is 12.9. The van der Waals surface area contributed by atoms with Gasteiger partial charge in [0.2, 0.25) is 0 Å². The van der Waals surface area contributed by atoms with Crippen LogP contribution in [0.2, 0.25) is 0 Å². The van der Waals surface area contributed by atoms with Crippen molar-refractivity contribution >= 4 is 17.9 Å². The van der Waals surface area contributed by atoms with E-state index < -0.39 is 30.3 Å². The number of esters is 2. The molecule has 0 aliphatic rings. The molecule has 0 aromatic carbocycles. The number of carboxylic acid groups (broad SMARTS) is 1. The summed E-state index contributed by atoms with van der Waals surface area (Å²) in [6.07, 6.45) is 104. The number of carboxylic acids is 1. The Labute approximate surface area is 543 Å². The lowest BCUT2D eigenvalue weighted by Crippen LogP contribution is -2.44. The molecular formula is C80H121NO8. The highest BCUT2D eigenvalue weighted by molar-refractivity contribution is 5.70. The molecule has 0 amide bonds. The number of unbranched alkanes of at least 4 members (excludes halogenated alkanes) is 8. The maximum Gasteiger partial charge on any atom is 0.306 e. The molecule has 9 heteroatoms. The Hall–Kier alpha value is -6.39. The molecule has 0 heterocycles. The van der Waals surface area contributed by atoms with E-state index in [0.29, 0.717) is 23.9 Å². The van der Waals surface area contributed by atoms with Crippen molar-refractivity contribution in [2.45, 2.75) is 219 Å². The van der Waals surface area contributed by atoms with Crippen LogP contribution in [0.1, 0.15) is 206 Å². The number of likely N-dealkylation sites (N-methyl/N-ethyl adjacent to an activating group) is 1. The Bertz CT molecular complexity index is 2260. The minimum absolute atomic E-state index is 0.123. The van der Waals surface area contributed by atoms with Crippen molar-refractivity contribution in [3.8, 4) is 0 Å². The summed E-state index contributed by atoms with van der Waals surface area (Å²) >= 11 is 0. The lowest BCUT2D eigenvalue weighted by Gasteiger charge is -2.26. The van der Waals surface area contributed by atoms with Crippen LogP contribution in [-0.2, 0) is 33.3 Å². The predicted octanol–water partition coefficient (Wildman–Crippen LogP) is 20.0. The maximum absolute atomic E-state index is 12.9. The van der Waals surface area contributed by atoms with Crippen molar-refractivity contribution in [2.75, 3.05) is 47.5 Å². The van der Waals surface area contributed by atoms with Gasteiger partial charge in [0.15, 0.2) is 12.4 Å². The summed E-state index contributed by atoms with van der Waals surface area (Å²) in [5.41, 5.74) is 0. The van der Waals surface area contributed by atoms with Crippen LogP contribution in [0.25, 0.3) is 0 Å². The first kappa shape index (κ1) is 82.6. The molecule has 0 aliphatic carbocycles. The van der Waals surface area contributed by atoms with Gasteiger partial charge in [-0.1, -0.05) is 265 Å². The normalized spacial score (nSPS) is 14.1. The minimum atomic E-state index is -1.65. The summed E-state index contributed by atoms with van der Waals surface area (Å²) in [6, 6.07) is 0. The first-order valence-electron chi connectivity index (χ1n) is 33.9. The number of rotatable bonds is 59. The Balaban J connectivity index is 4.30. The van der Waals surface area contributed by atoms with Gasteiger partial charge in [-0.05, 0) is 148 Å². The molecular weight excluding hydrogens is 1100 g/mol. The summed E-state index contributed by atoms with van der Waals surface area (Å²) in [5.74, 6) is -2.41. The number of hydrogen-bond donors (Lipinski definition) is 0. The average Bonchev–Trinajstić information content (AvgIpc) is 3.64. The number of allylic oxidation sites excluding steroid dienone is 36. The van der Waals surface area contributed by atoms with Crippen LogP contribution in [0.4, 0.5) is 0 Å². The number of aliphatic carboxylic acids is 1. The Morgan fingerprint density at radius 1 is 0.337 bits per heavy atom. The lowest BCUT2D eigenvalue weighted by molar-refractivity contribution is -0.870. The average molecular weight is 1220 g/mol. The van der Waals surface area contributed by atoms with Crippen LogP contribution in [0.15, 0.2) is 219 Å². The van der Waals surface area contributed by atoms with Gasteiger partial charge in [0, 0.05) is 12.8 Å². The zero-order valence-electron chi connectivity index (χ0n) is 56.2. The van der Waals surface area contributed by atoms with Gasteiger partial charge in [0.05, 0.1) is 40.3 Å². The third kappa shape index (κ3) is 69.0. The zero-order valence-corrected chi connectivity index (χ0v) is 56.2. The summed E-state index contributed by atoms with van der Waals surface area (Å²) in [4.78, 5) is 37.4. The van der Waals surface area contributed by atoms with E-state index in [-0.39, 0.29) is 32.7 Å². The first-order valence-corrected chi connectivity index (χ1v) is 33.9. The summed E-state index contributed by atoms with van der Waals surface area (Å²) in [6.45, 7) is 4.40. The summed E-state index contributed by atoms with van der Waals surface area (Å²) in [5, 5.41) is 11.8. The SMILES string of the molecule is CC/C=C\C/C=C\C/C=C\C/C=C\C/C=C\C/C=C\C/C=C\C/C=C\C/C=C\C/C=C\C/C=C\CCCCCCCCCC(=O)OC(COC(=O)CCC/C=C\C/C=C\C/C=C\C/C=C\C/C=C\C/C=C\C/C=C\CC)COC(OCC[N+](C)(C)C)C(=O)[O-]. The largest absolute Gasteiger partial charge is 0.545 e. The molecule has 0 spiro atoms. The fourth-order valence-electron chi connectivity index (χ4n) is 8.12. The fourth-order valence-corrected chi connectivity index (χ4v) is 8.12. The Kier molecular flexibility index (Phi) is 62.7. The topological polar surface area (TPSA) is 111 Å². The number of quaternary nitrogens is 1. The highest BCUT2D eigenvalue weighted by Gasteiger charge is 2.22. The van der Waals surface area contributed by atoms with Crippen LogP contribution in [0.5, 0.6) is 0 Å². The van der Waals surface area contributed by atoms with Crippen molar-refractivity contribution in [3.05, 3.63) is 219 Å². The van der Waals surface area contributed by atoms with Crippen molar-refractivity contribution < 1.29 is 42.9 Å². The number of nitrogens with zero attached hydrogens (tertiary/aromatic N) is 1. The quantitative estimate of drug-likeness (QED) is 0.0195. The molecule has 0 aliphatic heterocycles. The van der Waals surface area contributed by atoms with E-state index in [1.54, 1.807) is 0 Å². The van der Waals surface area contributed by atoms with Gasteiger partial charge in [-0.3, -0.25) is 9.59 Å². The van der Waals surface area contributed by atoms with Crippen LogP contribution in [0.3, 0.4) is 0 Å². The van der Waals surface area contributed by atoms with Gasteiger partial charge < -0.3 is 33.3 Å². The standard InChI is InChI=1S/C80H121NO8/c1-6-8-10-12-14-16-18-20-22-24-26-28-30-31-32-33-34-35-36-37-38-39-40-41-42-43-44-45-46-47-49-51-53-55-57-59-61-63-65-67-69-71-78(83)89-76(75-88-80(79(84)85)86-73-72-81(3,4)5)74-87-77(82)70-68-66-64-62-60-58-56-54-52-50-48-29-27-25-23-21-19-17-15-13-11-9-7-2/h8-11,14-17,20-23,26-29,31-32,34-35,37-38,40-41,43-44,46-47,50-53,56,58,62,64,76,80H,6-7,12-13,18-19,24-25,30,33,36,39,42,45,48-49,54-55,57,59-61,63,65-75H2,1-5H3/b10-8-,11-9-,16-14-,17-15-,22-20-,23-21-,28-26-,29-27-,32-31-,35-34-,38-37-,41-40-,44-43-,47-46-,52-50-,53-51-,58-56-,64-62-. The van der Waals surface area contributed by atoms with Gasteiger partial charge in [0.1, 0.15) is 13.2 Å². The molecule has 0 aromatic heterocycles. The number of carbonyl (C=O) groups is 3. The first-order chi connectivity index (χ1) is 43.6. The molecule has 0 fully saturated rings. The van der Waals surface area contributed by atoms with Crippen molar-refractivity contribution in [2.24, 2.45) is 0 Å². The third-order valence-electron chi connectivity index (χ3n) is 13.2. The van der Waals surface area contributed by atoms with Crippen LogP contribution in [0, 0.1) is 0 Å². The summed E-state index contributed by atoms with van der Waals surface area (Å²) < 4.78 is 22.6. The van der Waals surface area contributed by atoms with Crippen molar-refractivity contribution in [1.82, 2.24) is 0 Å². The molecule has 2 unspecified atom stereocenters. The second-order valence-electron chi connectivity index (χ2n) is 22.6. The number of hydrogen-bond acceptors (Lipinski definition) is 8. The van der Waals surface area contributed by atoms with Gasteiger partial charge in [-0.15, -0.1) is 0 Å². The fraction of sp³-hybridized carbons (Fsp3) is 0.512. The lowest BCUT2D eigenvalue weighted by atomic mass is 10.1. The third-order valence-corrected chi connectivity index (χ3v) is 13.2. The highest BCUT2D eigenvalue weighted by Crippen LogP contribution is 2.13. The van der Waals surface area contributed by atoms with Crippen LogP contribution in [-0.4, -0.2) is 82.3 Å². The van der Waals surface area contributed by atoms with E-state index in [1.165, 1.54) is 12.8 Å². The molecule has 2 atom stereocenters. The Morgan fingerprint density at radius 3 is 0.933 bits per heavy atom. The molecule has 0 radical (unpaired) electrons. The molecule has 0 N–H and O–H groups in total. The van der Waals surface area contributed by atoms with Crippen LogP contribution >= 0.6 is 0 Å². The van der Waals surface area contributed by atoms with Gasteiger partial charge in [0.25, 0.3) is 0 Å². The van der Waals surface area contributed by atoms with Crippen LogP contribution < -0.4 is 5.11 Å². The second-order valence-corrected chi connectivity index (χ2v) is 22.6. The summed E-state index contributed by atoms with van der Waals surface area (Å²) in [7, 11) is 5.89. The van der Waals surface area contributed by atoms with Gasteiger partial charge in [-0.25, -0.2) is 0 Å². The number of ether oxygens (including phenoxy) is 4. The molecule has 0 bridgehead atoms. The monoisotopic (exact) mass is 1220 g/mol. The van der Waals surface area contributed by atoms with Crippen molar-refractivity contribution in [3.63, 3.8) is 0 Å². The zero-order chi connectivity index (χ0) is 64.7. The Morgan fingerprint density at radius 2 is 0.618 bits per heavy atom. The molecule has 0 saturated heterocycles. The molecule has 494 valence electrons.